The quantitative estimate of drug-likeness (QED) is 0.114. The number of aromatic hydroxyl groups is 1. The number of amides is 2. The Balaban J connectivity index is 1.29. The fourth-order valence-corrected chi connectivity index (χ4v) is 9.88. The van der Waals surface area contributed by atoms with E-state index in [1.165, 1.54) is 17.9 Å². The fraction of sp³-hybridized carbons (Fsp3) is 0.196. The lowest BCUT2D eigenvalue weighted by molar-refractivity contribution is -0.135. The molecule has 2 fully saturated rings. The highest BCUT2D eigenvalue weighted by Gasteiger charge is 2.66. The molecule has 9 rings (SSSR count). The van der Waals surface area contributed by atoms with Gasteiger partial charge in [-0.25, -0.2) is 0 Å². The summed E-state index contributed by atoms with van der Waals surface area (Å²) in [6.07, 6.45) is 3.91. The van der Waals surface area contributed by atoms with E-state index in [9.17, 15) is 19.5 Å². The van der Waals surface area contributed by atoms with E-state index in [1.54, 1.807) is 30.3 Å². The first-order chi connectivity index (χ1) is 25.7. The van der Waals surface area contributed by atoms with Gasteiger partial charge in [0.25, 0.3) is 0 Å². The number of Topliss-reactive ketones (excluding diaryl/α,β-unsaturated/α-hetero) is 2. The molecule has 0 bridgehead atoms. The van der Waals surface area contributed by atoms with Crippen LogP contribution in [0.2, 0.25) is 0 Å². The Bertz CT molecular complexity index is 2450. The molecule has 3 aliphatic carbocycles. The van der Waals surface area contributed by atoms with Gasteiger partial charge in [-0.1, -0.05) is 103 Å². The van der Waals surface area contributed by atoms with Gasteiger partial charge < -0.3 is 5.11 Å². The van der Waals surface area contributed by atoms with Crippen molar-refractivity contribution in [3.05, 3.63) is 161 Å². The van der Waals surface area contributed by atoms with Crippen LogP contribution in [-0.2, 0) is 24.6 Å². The molecule has 1 aliphatic heterocycles. The van der Waals surface area contributed by atoms with Crippen LogP contribution < -0.4 is 4.90 Å². The number of benzene rings is 5. The molecule has 7 heteroatoms. The second-order valence-corrected chi connectivity index (χ2v) is 14.6. The highest BCUT2D eigenvalue weighted by Crippen LogP contribution is 2.65. The fourth-order valence-electron chi connectivity index (χ4n) is 9.88. The third-order valence-electron chi connectivity index (χ3n) is 12.1. The number of rotatable bonds is 5. The van der Waals surface area contributed by atoms with E-state index in [2.05, 4.69) is 0 Å². The smallest absolute Gasteiger partial charge is 0.238 e. The molecule has 260 valence electrons. The monoisotopic (exact) mass is 697 g/mol. The van der Waals surface area contributed by atoms with Gasteiger partial charge in [-0.3, -0.25) is 28.9 Å². The van der Waals surface area contributed by atoms with Crippen molar-refractivity contribution in [2.75, 3.05) is 4.90 Å². The summed E-state index contributed by atoms with van der Waals surface area (Å²) in [5.74, 6) is -5.09. The van der Waals surface area contributed by atoms with E-state index >= 15 is 9.59 Å². The van der Waals surface area contributed by atoms with Crippen molar-refractivity contribution in [3.63, 3.8) is 0 Å². The summed E-state index contributed by atoms with van der Waals surface area (Å²) in [7, 11) is 0. The molecule has 0 unspecified atom stereocenters. The SMILES string of the molecule is CC(=O)c1ccc(N2C(=O)[C@H]3[C@H](CC=C4[C@H]3C[C@H]3C(=O)C(c5ccccc5)=CC(=O)[C@@]3(c3ccccc3)[C@H]4c3c(O)ccc4ccccc34)C2=O)cc1. The number of anilines is 1. The second kappa shape index (κ2) is 12.2. The average molecular weight is 698 g/mol. The lowest BCUT2D eigenvalue weighted by Crippen LogP contribution is -2.58. The summed E-state index contributed by atoms with van der Waals surface area (Å²) in [5, 5.41) is 13.5. The standard InChI is InChI=1S/C46H35NO6/c1-26(48)27-16-19-31(20-17-27)47-44(52)34-22-21-33-36(40(34)45(47)53)24-37-43(51)35(28-10-4-2-5-11-28)25-39(50)46(37,30-13-6-3-7-14-30)42(33)41-32-15-9-8-12-29(32)18-23-38(41)49/h2-21,23,25,34,36-37,40,42,49H,22,24H2,1H3/t34-,36+,37-,40-,42+,46-/m0/s1. The summed E-state index contributed by atoms with van der Waals surface area (Å²) >= 11 is 0. The number of hydrogen-bond acceptors (Lipinski definition) is 6. The minimum absolute atomic E-state index is 0.00877. The molecule has 1 saturated heterocycles. The van der Waals surface area contributed by atoms with E-state index in [0.29, 0.717) is 33.5 Å². The number of imide groups is 1. The molecule has 0 radical (unpaired) electrons. The second-order valence-electron chi connectivity index (χ2n) is 14.6. The van der Waals surface area contributed by atoms with Crippen molar-refractivity contribution in [3.8, 4) is 5.75 Å². The number of hydrogen-bond donors (Lipinski definition) is 1. The lowest BCUT2D eigenvalue weighted by Gasteiger charge is -2.55. The largest absolute Gasteiger partial charge is 0.508 e. The molecule has 6 atom stereocenters. The zero-order valence-electron chi connectivity index (χ0n) is 28.9. The van der Waals surface area contributed by atoms with E-state index in [4.69, 9.17) is 0 Å². The van der Waals surface area contributed by atoms with Gasteiger partial charge in [0.1, 0.15) is 5.75 Å². The number of phenols is 1. The van der Waals surface area contributed by atoms with E-state index in [1.807, 2.05) is 97.1 Å². The van der Waals surface area contributed by atoms with Crippen molar-refractivity contribution < 1.29 is 29.1 Å². The number of fused-ring (bicyclic) bond motifs is 5. The maximum absolute atomic E-state index is 15.4. The first-order valence-electron chi connectivity index (χ1n) is 18.0. The van der Waals surface area contributed by atoms with Gasteiger partial charge in [0.05, 0.1) is 22.9 Å². The van der Waals surface area contributed by atoms with Gasteiger partial charge in [0, 0.05) is 28.5 Å². The lowest BCUT2D eigenvalue weighted by atomic mass is 9.44. The van der Waals surface area contributed by atoms with Crippen molar-refractivity contribution in [2.45, 2.75) is 31.1 Å². The van der Waals surface area contributed by atoms with Gasteiger partial charge in [-0.05, 0) is 84.0 Å². The van der Waals surface area contributed by atoms with Gasteiger partial charge in [0.2, 0.25) is 11.8 Å². The number of ketones is 3. The van der Waals surface area contributed by atoms with Gasteiger partial charge in [-0.2, -0.15) is 0 Å². The van der Waals surface area contributed by atoms with Gasteiger partial charge in [0.15, 0.2) is 17.3 Å². The maximum atomic E-state index is 15.4. The molecule has 4 aliphatic rings. The minimum atomic E-state index is -1.46. The Kier molecular flexibility index (Phi) is 7.52. The molecule has 53 heavy (non-hydrogen) atoms. The number of phenolic OH excluding ortho intramolecular Hbond substituents is 1. The number of carbonyl (C=O) groups excluding carboxylic acids is 5. The minimum Gasteiger partial charge on any atom is -0.508 e. The van der Waals surface area contributed by atoms with Crippen LogP contribution in [0.4, 0.5) is 5.69 Å². The van der Waals surface area contributed by atoms with E-state index < -0.39 is 35.0 Å². The highest BCUT2D eigenvalue weighted by atomic mass is 16.3. The number of allylic oxidation sites excluding steroid dienone is 4. The highest BCUT2D eigenvalue weighted by molar-refractivity contribution is 6.32. The third kappa shape index (κ3) is 4.69. The number of carbonyl (C=O) groups is 5. The zero-order valence-corrected chi connectivity index (χ0v) is 28.9. The van der Waals surface area contributed by atoms with Crippen LogP contribution >= 0.6 is 0 Å². The summed E-state index contributed by atoms with van der Waals surface area (Å²) in [4.78, 5) is 72.7. The van der Waals surface area contributed by atoms with Crippen molar-refractivity contribution in [2.24, 2.45) is 23.7 Å². The molecule has 1 heterocycles. The zero-order chi connectivity index (χ0) is 36.6. The van der Waals surface area contributed by atoms with Crippen LogP contribution in [0.25, 0.3) is 16.3 Å². The molecular weight excluding hydrogens is 663 g/mol. The summed E-state index contributed by atoms with van der Waals surface area (Å²) in [5.41, 5.74) is 2.31. The van der Waals surface area contributed by atoms with Crippen molar-refractivity contribution in [1.29, 1.82) is 0 Å². The molecule has 7 nitrogen and oxygen atoms in total. The molecule has 0 spiro atoms. The molecule has 1 N–H and O–H groups in total. The molecular formula is C46H35NO6. The first kappa shape index (κ1) is 32.7. The summed E-state index contributed by atoms with van der Waals surface area (Å²) in [6.45, 7) is 1.46. The Morgan fingerprint density at radius 3 is 2.15 bits per heavy atom. The third-order valence-corrected chi connectivity index (χ3v) is 12.1. The molecule has 0 aromatic heterocycles. The average Bonchev–Trinajstić information content (AvgIpc) is 3.45. The predicted molar refractivity (Wildman–Crippen MR) is 201 cm³/mol. The van der Waals surface area contributed by atoms with E-state index in [-0.39, 0.29) is 47.8 Å². The molecule has 5 aromatic carbocycles. The Labute approximate surface area is 306 Å². The normalized spacial score (nSPS) is 26.4. The summed E-state index contributed by atoms with van der Waals surface area (Å²) < 4.78 is 0. The predicted octanol–water partition coefficient (Wildman–Crippen LogP) is 7.78. The van der Waals surface area contributed by atoms with E-state index in [0.717, 1.165) is 16.3 Å². The maximum Gasteiger partial charge on any atom is 0.238 e. The van der Waals surface area contributed by atoms with Crippen LogP contribution in [0, 0.1) is 23.7 Å². The van der Waals surface area contributed by atoms with Crippen LogP contribution in [-0.4, -0.2) is 34.3 Å². The van der Waals surface area contributed by atoms with Crippen LogP contribution in [0.15, 0.2) is 139 Å². The Morgan fingerprint density at radius 1 is 0.755 bits per heavy atom. The van der Waals surface area contributed by atoms with Crippen LogP contribution in [0.1, 0.15) is 52.7 Å². The van der Waals surface area contributed by atoms with Gasteiger partial charge >= 0.3 is 0 Å². The summed E-state index contributed by atoms with van der Waals surface area (Å²) in [6, 6.07) is 36.1. The molecule has 1 saturated carbocycles. The first-order valence-corrected chi connectivity index (χ1v) is 18.0. The molecule has 2 amide bonds. The van der Waals surface area contributed by atoms with Crippen molar-refractivity contribution in [1.82, 2.24) is 0 Å². The van der Waals surface area contributed by atoms with Crippen LogP contribution in [0.3, 0.4) is 0 Å². The number of nitrogens with zero attached hydrogens (tertiary/aromatic N) is 1. The Hall–Kier alpha value is -6.21. The van der Waals surface area contributed by atoms with Gasteiger partial charge in [-0.15, -0.1) is 0 Å². The Morgan fingerprint density at radius 2 is 1.43 bits per heavy atom. The van der Waals surface area contributed by atoms with Crippen molar-refractivity contribution >= 4 is 51.2 Å². The molecule has 5 aromatic rings. The topological polar surface area (TPSA) is 109 Å². The van der Waals surface area contributed by atoms with Crippen LogP contribution in [0.5, 0.6) is 5.75 Å².